The molecule has 5 atom stereocenters. The number of rotatable bonds is 11. The molecule has 1 fully saturated rings. The number of nitrogens with one attached hydrogen (secondary N) is 1. The fourth-order valence-corrected chi connectivity index (χ4v) is 7.02. The van der Waals surface area contributed by atoms with Crippen LogP contribution in [0.2, 0.25) is 0 Å². The van der Waals surface area contributed by atoms with E-state index in [1.54, 1.807) is 24.3 Å². The summed E-state index contributed by atoms with van der Waals surface area (Å²) in [6.45, 7) is 10.4. The molecular weight excluding hydrogens is 501 g/mol. The van der Waals surface area contributed by atoms with Crippen LogP contribution in [0.15, 0.2) is 54.6 Å². The average molecular weight is 541 g/mol. The highest BCUT2D eigenvalue weighted by Crippen LogP contribution is 2.41. The van der Waals surface area contributed by atoms with Crippen molar-refractivity contribution in [3.05, 3.63) is 71.3 Å². The lowest BCUT2D eigenvalue weighted by Gasteiger charge is -2.35. The molecule has 38 heavy (non-hydrogen) atoms. The van der Waals surface area contributed by atoms with Gasteiger partial charge in [0.05, 0.1) is 36.0 Å². The molecule has 204 valence electrons. The predicted octanol–water partition coefficient (Wildman–Crippen LogP) is 4.24. The Morgan fingerprint density at radius 3 is 2.24 bits per heavy atom. The van der Waals surface area contributed by atoms with Crippen molar-refractivity contribution in [3.8, 4) is 0 Å². The topological polar surface area (TPSA) is 88.2 Å². The van der Waals surface area contributed by atoms with Gasteiger partial charge in [0.1, 0.15) is 14.8 Å². The minimum atomic E-state index is -0.893. The Morgan fingerprint density at radius 1 is 1.08 bits per heavy atom. The van der Waals surface area contributed by atoms with E-state index in [-0.39, 0.29) is 6.61 Å². The largest absolute Gasteiger partial charge is 0.370 e. The average Bonchev–Trinajstić information content (AvgIpc) is 3.31. The Morgan fingerprint density at radius 2 is 1.66 bits per heavy atom. The molecule has 0 saturated carbocycles. The fourth-order valence-electron chi connectivity index (χ4n) is 5.22. The van der Waals surface area contributed by atoms with E-state index >= 15 is 0 Å². The third kappa shape index (κ3) is 6.49. The van der Waals surface area contributed by atoms with Crippen LogP contribution in [-0.4, -0.2) is 77.4 Å². The third-order valence-electron chi connectivity index (χ3n) is 6.77. The molecule has 0 radical (unpaired) electrons. The van der Waals surface area contributed by atoms with Gasteiger partial charge in [-0.15, -0.1) is 0 Å². The lowest BCUT2D eigenvalue weighted by atomic mass is 10.0. The summed E-state index contributed by atoms with van der Waals surface area (Å²) >= 11 is 0. The quantitative estimate of drug-likeness (QED) is 0.339. The summed E-state index contributed by atoms with van der Waals surface area (Å²) in [7, 11) is -0.893. The Kier molecular flexibility index (Phi) is 8.85. The second-order valence-electron chi connectivity index (χ2n) is 10.3. The molecule has 0 bridgehead atoms. The first kappa shape index (κ1) is 26.9. The number of hydrogen-bond acceptors (Lipinski definition) is 6. The van der Waals surface area contributed by atoms with Crippen LogP contribution in [0, 0.1) is 0 Å². The van der Waals surface area contributed by atoms with Crippen molar-refractivity contribution in [2.45, 2.75) is 70.8 Å². The van der Waals surface area contributed by atoms with Crippen molar-refractivity contribution in [1.29, 1.82) is 0 Å². The van der Waals surface area contributed by atoms with Gasteiger partial charge < -0.3 is 14.6 Å². The lowest BCUT2D eigenvalue weighted by molar-refractivity contribution is -0.122. The monoisotopic (exact) mass is 540 g/mol. The van der Waals surface area contributed by atoms with Crippen molar-refractivity contribution >= 4 is 26.0 Å². The fraction of sp³-hybridized carbons (Fsp3) is 0.483. The Labute approximate surface area is 228 Å². The predicted molar refractivity (Wildman–Crippen MR) is 148 cm³/mol. The summed E-state index contributed by atoms with van der Waals surface area (Å²) < 4.78 is 23.8. The van der Waals surface area contributed by atoms with Crippen molar-refractivity contribution in [2.75, 3.05) is 19.8 Å². The molecule has 1 N–H and O–H groups in total. The van der Waals surface area contributed by atoms with Gasteiger partial charge in [-0.1, -0.05) is 42.5 Å². The molecule has 9 heteroatoms. The molecular formula is C29H38N3O5P. The zero-order chi connectivity index (χ0) is 28.3. The van der Waals surface area contributed by atoms with E-state index in [2.05, 4.69) is 44.3 Å². The molecule has 0 aliphatic carbocycles. The van der Waals surface area contributed by atoms with E-state index in [1.165, 1.54) is 0 Å². The zero-order valence-corrected chi connectivity index (χ0v) is 23.6. The number of benzene rings is 2. The van der Waals surface area contributed by atoms with Crippen LogP contribution in [0.5, 0.6) is 0 Å². The standard InChI is InChI=1S/C29H38N3O5P/c1-19(2)32(20(3)4)38(5)36-18-22-16-25(26(37-22)15-21-11-7-6-8-12-21)30-27(33)17-31-28(34)23-13-9-10-14-24(23)29(31)35/h6-14,19-20,22,25-26H,15-18H2,1-5H3,(H,30,33)/t22-,25-,26-,38?/m0/s1/i16D/t16?,22-,25-,26-,38?. The SMILES string of the molecule is [2H]C1[C@@H](COP(C)N(C(C)C)C(C)C)O[C@@H](Cc2ccccc2)[C@H]1NC(=O)CN1C(=O)c2ccccc2C1=O. The van der Waals surface area contributed by atoms with Crippen LogP contribution in [0.4, 0.5) is 0 Å². The van der Waals surface area contributed by atoms with Crippen LogP contribution >= 0.6 is 8.30 Å². The summed E-state index contributed by atoms with van der Waals surface area (Å²) in [5, 5.41) is 2.91. The highest BCUT2D eigenvalue weighted by molar-refractivity contribution is 7.49. The van der Waals surface area contributed by atoms with Crippen molar-refractivity contribution in [3.63, 3.8) is 0 Å². The van der Waals surface area contributed by atoms with Crippen LogP contribution in [-0.2, 0) is 20.5 Å². The van der Waals surface area contributed by atoms with Gasteiger partial charge in [-0.05, 0) is 58.5 Å². The molecule has 1 saturated heterocycles. The van der Waals surface area contributed by atoms with Gasteiger partial charge in [-0.3, -0.25) is 24.0 Å². The lowest BCUT2D eigenvalue weighted by Crippen LogP contribution is -2.47. The molecule has 2 aromatic carbocycles. The molecule has 0 aromatic heterocycles. The van der Waals surface area contributed by atoms with Crippen LogP contribution in [0.25, 0.3) is 0 Å². The van der Waals surface area contributed by atoms with Gasteiger partial charge in [-0.25, -0.2) is 0 Å². The minimum absolute atomic E-state index is 0.238. The number of amides is 3. The molecule has 8 nitrogen and oxygen atoms in total. The van der Waals surface area contributed by atoms with Gasteiger partial charge in [0, 0.05) is 19.9 Å². The van der Waals surface area contributed by atoms with Gasteiger partial charge in [0.15, 0.2) is 0 Å². The highest BCUT2D eigenvalue weighted by atomic mass is 31.2. The Hall–Kier alpha value is -2.64. The first-order chi connectivity index (χ1) is 18.6. The molecule has 4 rings (SSSR count). The van der Waals surface area contributed by atoms with Crippen LogP contribution in [0.3, 0.4) is 0 Å². The molecule has 2 aromatic rings. The third-order valence-corrected chi connectivity index (χ3v) is 8.87. The molecule has 2 unspecified atom stereocenters. The molecule has 0 spiro atoms. The van der Waals surface area contributed by atoms with Gasteiger partial charge in [0.25, 0.3) is 11.8 Å². The summed E-state index contributed by atoms with van der Waals surface area (Å²) in [5.41, 5.74) is 1.62. The molecule has 3 amide bonds. The Bertz CT molecular complexity index is 1140. The van der Waals surface area contributed by atoms with Crippen LogP contribution in [0.1, 0.15) is 61.7 Å². The number of ether oxygens (including phenoxy) is 1. The smallest absolute Gasteiger partial charge is 0.262 e. The van der Waals surface area contributed by atoms with E-state index in [0.717, 1.165) is 10.5 Å². The molecule has 2 aliphatic rings. The molecule has 2 heterocycles. The maximum absolute atomic E-state index is 13.1. The number of imide groups is 1. The van der Waals surface area contributed by atoms with E-state index in [9.17, 15) is 14.4 Å². The van der Waals surface area contributed by atoms with Gasteiger partial charge in [-0.2, -0.15) is 0 Å². The Balaban J connectivity index is 1.44. The maximum atomic E-state index is 13.1. The number of fused-ring (bicyclic) bond motifs is 1. The second-order valence-corrected chi connectivity index (χ2v) is 11.9. The van der Waals surface area contributed by atoms with E-state index in [1.807, 2.05) is 30.3 Å². The molecule has 2 aliphatic heterocycles. The maximum Gasteiger partial charge on any atom is 0.262 e. The minimum Gasteiger partial charge on any atom is -0.370 e. The van der Waals surface area contributed by atoms with Crippen molar-refractivity contribution < 1.29 is 25.0 Å². The number of nitrogens with zero attached hydrogens (tertiary/aromatic N) is 2. The second kappa shape index (κ2) is 12.5. The number of carbonyl (C=O) groups is 3. The number of carbonyl (C=O) groups excluding carboxylic acids is 3. The van der Waals surface area contributed by atoms with Crippen LogP contribution < -0.4 is 5.32 Å². The van der Waals surface area contributed by atoms with Crippen molar-refractivity contribution in [1.82, 2.24) is 14.9 Å². The number of hydrogen-bond donors (Lipinski definition) is 1. The normalized spacial score (nSPS) is 24.3. The summed E-state index contributed by atoms with van der Waals surface area (Å²) in [6, 6.07) is 16.3. The first-order valence-electron chi connectivity index (χ1n) is 13.7. The van der Waals surface area contributed by atoms with E-state index in [0.29, 0.717) is 29.6 Å². The zero-order valence-electron chi connectivity index (χ0n) is 23.7. The highest BCUT2D eigenvalue weighted by Gasteiger charge is 2.40. The van der Waals surface area contributed by atoms with Crippen molar-refractivity contribution in [2.24, 2.45) is 0 Å². The summed E-state index contributed by atoms with van der Waals surface area (Å²) in [6.07, 6.45) is -1.26. The summed E-state index contributed by atoms with van der Waals surface area (Å²) in [4.78, 5) is 39.6. The van der Waals surface area contributed by atoms with E-state index in [4.69, 9.17) is 10.6 Å². The van der Waals surface area contributed by atoms with Gasteiger partial charge in [0.2, 0.25) is 5.91 Å². The summed E-state index contributed by atoms with van der Waals surface area (Å²) in [5.74, 6) is -1.48. The van der Waals surface area contributed by atoms with Gasteiger partial charge >= 0.3 is 0 Å². The van der Waals surface area contributed by atoms with E-state index < -0.39 is 57.2 Å². The first-order valence-corrected chi connectivity index (χ1v) is 14.8.